The summed E-state index contributed by atoms with van der Waals surface area (Å²) in [6, 6.07) is 10.3. The van der Waals surface area contributed by atoms with Crippen LogP contribution in [0.4, 0.5) is 0 Å². The lowest BCUT2D eigenvalue weighted by molar-refractivity contribution is 0.0884. The van der Waals surface area contributed by atoms with Gasteiger partial charge in [0.05, 0.1) is 12.1 Å². The third kappa shape index (κ3) is 4.06. The van der Waals surface area contributed by atoms with E-state index in [0.29, 0.717) is 0 Å². The molecule has 118 valence electrons. The van der Waals surface area contributed by atoms with Crippen molar-refractivity contribution >= 4 is 0 Å². The molecule has 0 bridgehead atoms. The van der Waals surface area contributed by atoms with Gasteiger partial charge in [0.25, 0.3) is 0 Å². The maximum Gasteiger partial charge on any atom is 0.0795 e. The molecular formula is C18H30N2O. The van der Waals surface area contributed by atoms with Crippen LogP contribution < -0.4 is 5.32 Å². The molecule has 21 heavy (non-hydrogen) atoms. The number of likely N-dealkylation sites (N-methyl/N-ethyl adjacent to an activating group) is 1. The number of rotatable bonds is 7. The maximum absolute atomic E-state index is 10.0. The molecule has 3 nitrogen and oxygen atoms in total. The first-order valence-electron chi connectivity index (χ1n) is 8.31. The first-order chi connectivity index (χ1) is 10.2. The summed E-state index contributed by atoms with van der Waals surface area (Å²) in [5.41, 5.74) is 0.824. The fraction of sp³-hybridized carbons (Fsp3) is 0.667. The van der Waals surface area contributed by atoms with Crippen LogP contribution in [0.3, 0.4) is 0 Å². The number of piperidine rings is 1. The minimum absolute atomic E-state index is 0.127. The van der Waals surface area contributed by atoms with Gasteiger partial charge in [-0.25, -0.2) is 0 Å². The number of nitrogens with zero attached hydrogens (tertiary/aromatic N) is 1. The Bertz CT molecular complexity index is 395. The molecule has 1 aromatic rings. The molecule has 0 saturated carbocycles. The van der Waals surface area contributed by atoms with Crippen molar-refractivity contribution in [3.63, 3.8) is 0 Å². The highest BCUT2D eigenvalue weighted by molar-refractivity contribution is 5.25. The first-order valence-corrected chi connectivity index (χ1v) is 8.31. The molecule has 0 aliphatic carbocycles. The standard InChI is InChI=1S/C18H30N2O/c1-3-7-16-10-12-20(13-11-16)14-18(15-21,19-2)17-8-5-4-6-9-17/h4-6,8-9,16,19,21H,3,7,10-15H2,1-2H3. The van der Waals surface area contributed by atoms with Crippen molar-refractivity contribution in [2.24, 2.45) is 5.92 Å². The molecule has 1 aromatic carbocycles. The van der Waals surface area contributed by atoms with Gasteiger partial charge in [0, 0.05) is 6.54 Å². The van der Waals surface area contributed by atoms with E-state index in [2.05, 4.69) is 29.3 Å². The number of aliphatic hydroxyl groups is 1. The average molecular weight is 290 g/mol. The Morgan fingerprint density at radius 3 is 2.43 bits per heavy atom. The fourth-order valence-corrected chi connectivity index (χ4v) is 3.52. The summed E-state index contributed by atoms with van der Waals surface area (Å²) in [5.74, 6) is 0.904. The maximum atomic E-state index is 10.0. The summed E-state index contributed by atoms with van der Waals surface area (Å²) in [6.45, 7) is 5.59. The molecule has 0 radical (unpaired) electrons. The summed E-state index contributed by atoms with van der Waals surface area (Å²) >= 11 is 0. The van der Waals surface area contributed by atoms with Crippen LogP contribution in [-0.2, 0) is 5.54 Å². The minimum atomic E-state index is -0.348. The number of likely N-dealkylation sites (tertiary alicyclic amines) is 1. The van der Waals surface area contributed by atoms with E-state index in [0.717, 1.165) is 25.6 Å². The van der Waals surface area contributed by atoms with Crippen molar-refractivity contribution < 1.29 is 5.11 Å². The van der Waals surface area contributed by atoms with E-state index in [4.69, 9.17) is 0 Å². The predicted molar refractivity (Wildman–Crippen MR) is 88.3 cm³/mol. The van der Waals surface area contributed by atoms with Gasteiger partial charge in [-0.15, -0.1) is 0 Å². The van der Waals surface area contributed by atoms with Crippen LogP contribution in [-0.4, -0.2) is 43.3 Å². The van der Waals surface area contributed by atoms with Crippen LogP contribution in [0, 0.1) is 5.92 Å². The summed E-state index contributed by atoms with van der Waals surface area (Å²) in [6.07, 6.45) is 5.26. The van der Waals surface area contributed by atoms with Gasteiger partial charge in [-0.3, -0.25) is 0 Å². The molecular weight excluding hydrogens is 260 g/mol. The molecule has 1 unspecified atom stereocenters. The average Bonchev–Trinajstić information content (AvgIpc) is 2.55. The highest BCUT2D eigenvalue weighted by Crippen LogP contribution is 2.26. The normalized spacial score (nSPS) is 20.3. The molecule has 1 fully saturated rings. The molecule has 1 aliphatic rings. The van der Waals surface area contributed by atoms with Crippen LogP contribution in [0.5, 0.6) is 0 Å². The van der Waals surface area contributed by atoms with Gasteiger partial charge in [-0.05, 0) is 44.5 Å². The minimum Gasteiger partial charge on any atom is -0.394 e. The molecule has 0 spiro atoms. The van der Waals surface area contributed by atoms with E-state index >= 15 is 0 Å². The second-order valence-electron chi connectivity index (χ2n) is 6.36. The highest BCUT2D eigenvalue weighted by Gasteiger charge is 2.33. The molecule has 1 saturated heterocycles. The van der Waals surface area contributed by atoms with Gasteiger partial charge in [-0.1, -0.05) is 50.1 Å². The topological polar surface area (TPSA) is 35.5 Å². The molecule has 0 amide bonds. The number of hydrogen-bond acceptors (Lipinski definition) is 3. The van der Waals surface area contributed by atoms with Crippen molar-refractivity contribution in [2.75, 3.05) is 33.3 Å². The van der Waals surface area contributed by atoms with Crippen molar-refractivity contribution in [1.29, 1.82) is 0 Å². The lowest BCUT2D eigenvalue weighted by atomic mass is 9.87. The van der Waals surface area contributed by atoms with Crippen molar-refractivity contribution in [3.05, 3.63) is 35.9 Å². The third-order valence-electron chi connectivity index (χ3n) is 4.97. The van der Waals surface area contributed by atoms with E-state index in [9.17, 15) is 5.11 Å². The van der Waals surface area contributed by atoms with E-state index < -0.39 is 0 Å². The number of benzene rings is 1. The summed E-state index contributed by atoms with van der Waals surface area (Å²) in [7, 11) is 1.95. The zero-order valence-electron chi connectivity index (χ0n) is 13.5. The van der Waals surface area contributed by atoms with E-state index in [-0.39, 0.29) is 12.1 Å². The lowest BCUT2D eigenvalue weighted by Crippen LogP contribution is -2.53. The van der Waals surface area contributed by atoms with Gasteiger partial charge < -0.3 is 15.3 Å². The highest BCUT2D eigenvalue weighted by atomic mass is 16.3. The number of nitrogens with one attached hydrogen (secondary N) is 1. The molecule has 3 heteroatoms. The molecule has 1 atom stereocenters. The van der Waals surface area contributed by atoms with E-state index in [1.165, 1.54) is 31.2 Å². The SMILES string of the molecule is CCCC1CCN(CC(CO)(NC)c2ccccc2)CC1. The zero-order valence-corrected chi connectivity index (χ0v) is 13.5. The van der Waals surface area contributed by atoms with Gasteiger partial charge in [-0.2, -0.15) is 0 Å². The second kappa shape index (κ2) is 7.92. The van der Waals surface area contributed by atoms with Crippen molar-refractivity contribution in [1.82, 2.24) is 10.2 Å². The summed E-state index contributed by atoms with van der Waals surface area (Å²) in [5, 5.41) is 13.4. The molecule has 2 N–H and O–H groups in total. The Balaban J connectivity index is 2.01. The van der Waals surface area contributed by atoms with Crippen molar-refractivity contribution in [3.8, 4) is 0 Å². The van der Waals surface area contributed by atoms with Gasteiger partial charge in [0.15, 0.2) is 0 Å². The number of hydrogen-bond donors (Lipinski definition) is 2. The third-order valence-corrected chi connectivity index (χ3v) is 4.97. The van der Waals surface area contributed by atoms with Crippen LogP contribution >= 0.6 is 0 Å². The Hall–Kier alpha value is -0.900. The van der Waals surface area contributed by atoms with Gasteiger partial charge in [0.2, 0.25) is 0 Å². The monoisotopic (exact) mass is 290 g/mol. The lowest BCUT2D eigenvalue weighted by Gasteiger charge is -2.40. The van der Waals surface area contributed by atoms with E-state index in [1.54, 1.807) is 0 Å². The Kier molecular flexibility index (Phi) is 6.22. The fourth-order valence-electron chi connectivity index (χ4n) is 3.52. The molecule has 1 aliphatic heterocycles. The Morgan fingerprint density at radius 2 is 1.90 bits per heavy atom. The largest absolute Gasteiger partial charge is 0.394 e. The van der Waals surface area contributed by atoms with Crippen LogP contribution in [0.15, 0.2) is 30.3 Å². The zero-order chi connectivity index (χ0) is 15.1. The van der Waals surface area contributed by atoms with E-state index in [1.807, 2.05) is 25.2 Å². The predicted octanol–water partition coefficient (Wildman–Crippen LogP) is 2.61. The Labute approximate surface area is 129 Å². The molecule has 1 heterocycles. The Morgan fingerprint density at radius 1 is 1.24 bits per heavy atom. The first kappa shape index (κ1) is 16.5. The summed E-state index contributed by atoms with van der Waals surface area (Å²) < 4.78 is 0. The molecule has 2 rings (SSSR count). The van der Waals surface area contributed by atoms with Crippen LogP contribution in [0.1, 0.15) is 38.2 Å². The smallest absolute Gasteiger partial charge is 0.0795 e. The summed E-state index contributed by atoms with van der Waals surface area (Å²) in [4.78, 5) is 2.51. The van der Waals surface area contributed by atoms with Gasteiger partial charge >= 0.3 is 0 Å². The quantitative estimate of drug-likeness (QED) is 0.810. The molecule has 0 aromatic heterocycles. The van der Waals surface area contributed by atoms with Gasteiger partial charge in [0.1, 0.15) is 0 Å². The van der Waals surface area contributed by atoms with Crippen LogP contribution in [0.2, 0.25) is 0 Å². The van der Waals surface area contributed by atoms with Crippen molar-refractivity contribution in [2.45, 2.75) is 38.1 Å². The van der Waals surface area contributed by atoms with Crippen LogP contribution in [0.25, 0.3) is 0 Å². The second-order valence-corrected chi connectivity index (χ2v) is 6.36. The number of aliphatic hydroxyl groups excluding tert-OH is 1.